The molecule has 3 heterocycles. The van der Waals surface area contributed by atoms with Crippen molar-refractivity contribution < 1.29 is 24.6 Å². The van der Waals surface area contributed by atoms with Crippen LogP contribution in [-0.2, 0) is 17.8 Å². The maximum Gasteiger partial charge on any atom is 0.240 e. The van der Waals surface area contributed by atoms with Gasteiger partial charge in [-0.15, -0.1) is 0 Å². The van der Waals surface area contributed by atoms with Gasteiger partial charge in [0.05, 0.1) is 35.0 Å². The van der Waals surface area contributed by atoms with E-state index in [-0.39, 0.29) is 22.4 Å². The van der Waals surface area contributed by atoms with Gasteiger partial charge in [-0.3, -0.25) is 4.79 Å². The lowest BCUT2D eigenvalue weighted by Crippen LogP contribution is -2.45. The quantitative estimate of drug-likeness (QED) is 0.615. The number of phenolic OH excluding ortho intramolecular Hbond substituents is 2. The summed E-state index contributed by atoms with van der Waals surface area (Å²) in [7, 11) is 0. The molecule has 0 unspecified atom stereocenters. The van der Waals surface area contributed by atoms with E-state index < -0.39 is 12.1 Å². The summed E-state index contributed by atoms with van der Waals surface area (Å²) in [5.74, 6) is -0.164. The fourth-order valence-electron chi connectivity index (χ4n) is 3.47. The summed E-state index contributed by atoms with van der Waals surface area (Å²) in [6.45, 7) is 1.21. The van der Waals surface area contributed by atoms with Gasteiger partial charge in [-0.2, -0.15) is 0 Å². The van der Waals surface area contributed by atoms with E-state index >= 15 is 0 Å². The van der Waals surface area contributed by atoms with Gasteiger partial charge in [0, 0.05) is 31.1 Å². The van der Waals surface area contributed by atoms with Gasteiger partial charge < -0.3 is 30.1 Å². The number of carbonyl (C=O) groups excluding carboxylic acids is 1. The van der Waals surface area contributed by atoms with E-state index in [0.717, 1.165) is 11.8 Å². The summed E-state index contributed by atoms with van der Waals surface area (Å²) in [4.78, 5) is 14.4. The number of aromatic nitrogens is 1. The first kappa shape index (κ1) is 17.1. The second-order valence-corrected chi connectivity index (χ2v) is 7.03. The van der Waals surface area contributed by atoms with Crippen molar-refractivity contribution >= 4 is 17.5 Å². The molecule has 1 amide bonds. The number of hydrogen-bond acceptors (Lipinski definition) is 7. The molecule has 1 aromatic carbocycles. The molecule has 0 saturated carbocycles. The molecule has 26 heavy (non-hydrogen) atoms. The summed E-state index contributed by atoms with van der Waals surface area (Å²) < 4.78 is 5.41. The maximum absolute atomic E-state index is 12.7. The highest BCUT2D eigenvalue weighted by Gasteiger charge is 2.35. The number of benzene rings is 1. The van der Waals surface area contributed by atoms with Crippen LogP contribution in [0, 0.1) is 0 Å². The van der Waals surface area contributed by atoms with Gasteiger partial charge in [-0.05, 0) is 12.5 Å². The first-order valence-electron chi connectivity index (χ1n) is 8.33. The fraction of sp³-hybridized carbons (Fsp3) is 0.412. The molecule has 2 aromatic rings. The van der Waals surface area contributed by atoms with E-state index in [9.17, 15) is 20.1 Å². The Kier molecular flexibility index (Phi) is 4.26. The van der Waals surface area contributed by atoms with E-state index in [1.807, 2.05) is 0 Å². The third kappa shape index (κ3) is 2.90. The monoisotopic (exact) mass is 379 g/mol. The average Bonchev–Trinajstić information content (AvgIpc) is 3.23. The maximum atomic E-state index is 12.7. The third-order valence-corrected chi connectivity index (χ3v) is 5.17. The van der Waals surface area contributed by atoms with Crippen LogP contribution in [-0.4, -0.2) is 56.5 Å². The standard InChI is InChI=1S/C17H18ClN3O5/c18-11-4-9(14(23)5-15(11)24)16-10-7-21(2-1-12(10)20-26-16)17(25)13-3-8(22)6-19-13/h4-5,8,13,19,22-24H,1-3,6-7H2/t8-,13+/m1/s1. The lowest BCUT2D eigenvalue weighted by Gasteiger charge is -2.28. The van der Waals surface area contributed by atoms with Crippen LogP contribution in [0.15, 0.2) is 16.7 Å². The van der Waals surface area contributed by atoms with Crippen LogP contribution in [0.25, 0.3) is 11.3 Å². The van der Waals surface area contributed by atoms with Gasteiger partial charge >= 0.3 is 0 Å². The molecule has 0 radical (unpaired) electrons. The molecule has 2 aliphatic heterocycles. The molecule has 4 rings (SSSR count). The third-order valence-electron chi connectivity index (χ3n) is 4.86. The molecule has 8 nitrogen and oxygen atoms in total. The minimum atomic E-state index is -0.508. The summed E-state index contributed by atoms with van der Waals surface area (Å²) >= 11 is 5.95. The second-order valence-electron chi connectivity index (χ2n) is 6.62. The summed E-state index contributed by atoms with van der Waals surface area (Å²) in [5.41, 5.74) is 1.75. The van der Waals surface area contributed by atoms with Gasteiger partial charge in [0.25, 0.3) is 0 Å². The molecule has 2 aliphatic rings. The topological polar surface area (TPSA) is 119 Å². The highest BCUT2D eigenvalue weighted by molar-refractivity contribution is 6.32. The number of nitrogens with zero attached hydrogens (tertiary/aromatic N) is 2. The van der Waals surface area contributed by atoms with Crippen molar-refractivity contribution in [3.8, 4) is 22.8 Å². The molecule has 9 heteroatoms. The first-order valence-corrected chi connectivity index (χ1v) is 8.71. The first-order chi connectivity index (χ1) is 12.4. The Balaban J connectivity index is 1.63. The van der Waals surface area contributed by atoms with E-state index in [1.54, 1.807) is 4.90 Å². The van der Waals surface area contributed by atoms with Gasteiger partial charge in [-0.1, -0.05) is 16.8 Å². The SMILES string of the molecule is O=C([C@@H]1C[C@@H](O)CN1)N1CCc2noc(-c3cc(Cl)c(O)cc3O)c2C1. The lowest BCUT2D eigenvalue weighted by molar-refractivity contribution is -0.134. The second kappa shape index (κ2) is 6.46. The largest absolute Gasteiger partial charge is 0.507 e. The van der Waals surface area contributed by atoms with Crippen LogP contribution in [0.5, 0.6) is 11.5 Å². The van der Waals surface area contributed by atoms with E-state index in [1.165, 1.54) is 6.07 Å². The van der Waals surface area contributed by atoms with Gasteiger partial charge in [0.15, 0.2) is 5.76 Å². The summed E-state index contributed by atoms with van der Waals surface area (Å²) in [6, 6.07) is 2.15. The predicted molar refractivity (Wildman–Crippen MR) is 91.8 cm³/mol. The Bertz CT molecular complexity index is 868. The minimum Gasteiger partial charge on any atom is -0.507 e. The summed E-state index contributed by atoms with van der Waals surface area (Å²) in [6.07, 6.45) is 0.422. The highest BCUT2D eigenvalue weighted by atomic mass is 35.5. The predicted octanol–water partition coefficient (Wildman–Crippen LogP) is 1.01. The molecule has 1 saturated heterocycles. The minimum absolute atomic E-state index is 0.0766. The molecule has 0 aliphatic carbocycles. The van der Waals surface area contributed by atoms with E-state index in [4.69, 9.17) is 16.1 Å². The number of aliphatic hydroxyl groups is 1. The molecule has 138 valence electrons. The Morgan fingerprint density at radius 2 is 2.15 bits per heavy atom. The zero-order valence-corrected chi connectivity index (χ0v) is 14.5. The van der Waals surface area contributed by atoms with Crippen molar-refractivity contribution in [2.24, 2.45) is 0 Å². The van der Waals surface area contributed by atoms with Crippen molar-refractivity contribution in [3.05, 3.63) is 28.4 Å². The molecule has 1 fully saturated rings. The Morgan fingerprint density at radius 1 is 1.35 bits per heavy atom. The van der Waals surface area contributed by atoms with Gasteiger partial charge in [0.1, 0.15) is 11.5 Å². The van der Waals surface area contributed by atoms with E-state index in [0.29, 0.717) is 49.4 Å². The fourth-order valence-corrected chi connectivity index (χ4v) is 3.63. The zero-order valence-electron chi connectivity index (χ0n) is 13.8. The zero-order chi connectivity index (χ0) is 18.4. The number of phenols is 2. The van der Waals surface area contributed by atoms with Gasteiger partial charge in [0.2, 0.25) is 5.91 Å². The van der Waals surface area contributed by atoms with Crippen LogP contribution >= 0.6 is 11.6 Å². The van der Waals surface area contributed by atoms with Crippen molar-refractivity contribution in [2.75, 3.05) is 13.1 Å². The summed E-state index contributed by atoms with van der Waals surface area (Å²) in [5, 5.41) is 36.5. The lowest BCUT2D eigenvalue weighted by atomic mass is 10.00. The van der Waals surface area contributed by atoms with E-state index in [2.05, 4.69) is 10.5 Å². The number of rotatable bonds is 2. The Labute approximate surface area is 154 Å². The number of hydrogen-bond donors (Lipinski definition) is 4. The number of aromatic hydroxyl groups is 2. The number of fused-ring (bicyclic) bond motifs is 1. The number of halogens is 1. The van der Waals surface area contributed by atoms with Crippen LogP contribution in [0.2, 0.25) is 5.02 Å². The molecule has 2 atom stereocenters. The van der Waals surface area contributed by atoms with Crippen LogP contribution < -0.4 is 5.32 Å². The normalized spacial score (nSPS) is 22.5. The van der Waals surface area contributed by atoms with Crippen molar-refractivity contribution in [1.82, 2.24) is 15.4 Å². The van der Waals surface area contributed by atoms with Crippen LogP contribution in [0.4, 0.5) is 0 Å². The molecule has 0 spiro atoms. The number of β-amino-alcohol motifs (C(OH)–C–C–N with tert-alkyl or cyclic N) is 1. The molecule has 1 aromatic heterocycles. The molecule has 4 N–H and O–H groups in total. The van der Waals surface area contributed by atoms with Gasteiger partial charge in [-0.25, -0.2) is 0 Å². The number of carbonyl (C=O) groups is 1. The van der Waals surface area contributed by atoms with Crippen molar-refractivity contribution in [3.63, 3.8) is 0 Å². The van der Waals surface area contributed by atoms with Crippen LogP contribution in [0.3, 0.4) is 0 Å². The molecule has 0 bridgehead atoms. The molecular formula is C17H18ClN3O5. The molecular weight excluding hydrogens is 362 g/mol. The van der Waals surface area contributed by atoms with Crippen molar-refractivity contribution in [1.29, 1.82) is 0 Å². The van der Waals surface area contributed by atoms with Crippen LogP contribution in [0.1, 0.15) is 17.7 Å². The number of amides is 1. The Hall–Kier alpha value is -2.29. The number of aliphatic hydroxyl groups excluding tert-OH is 1. The highest BCUT2D eigenvalue weighted by Crippen LogP contribution is 2.40. The average molecular weight is 380 g/mol. The smallest absolute Gasteiger partial charge is 0.240 e. The Morgan fingerprint density at radius 3 is 2.88 bits per heavy atom. The number of nitrogens with one attached hydrogen (secondary N) is 1. The van der Waals surface area contributed by atoms with Crippen molar-refractivity contribution in [2.45, 2.75) is 31.5 Å².